The summed E-state index contributed by atoms with van der Waals surface area (Å²) in [6, 6.07) is 0. The van der Waals surface area contributed by atoms with Gasteiger partial charge in [-0.3, -0.25) is 0 Å². The molecule has 0 saturated heterocycles. The topological polar surface area (TPSA) is 29.4 Å². The third kappa shape index (κ3) is 1.39. The molecule has 0 bridgehead atoms. The third-order valence-electron chi connectivity index (χ3n) is 2.50. The predicted octanol–water partition coefficient (Wildman–Crippen LogP) is 2.23. The molecule has 2 nitrogen and oxygen atoms in total. The summed E-state index contributed by atoms with van der Waals surface area (Å²) < 4.78 is 0. The van der Waals surface area contributed by atoms with Crippen molar-refractivity contribution in [3.8, 4) is 0 Å². The highest BCUT2D eigenvalue weighted by Crippen LogP contribution is 2.30. The second kappa shape index (κ2) is 3.51. The van der Waals surface area contributed by atoms with E-state index in [2.05, 4.69) is 18.0 Å². The number of nitrogens with zero attached hydrogens (tertiary/aromatic N) is 1. The molecule has 2 unspecified atom stereocenters. The average Bonchev–Trinajstić information content (AvgIpc) is 2.10. The van der Waals surface area contributed by atoms with E-state index in [1.165, 1.54) is 0 Å². The van der Waals surface area contributed by atoms with Gasteiger partial charge in [0.05, 0.1) is 5.54 Å². The Morgan fingerprint density at radius 3 is 2.83 bits per heavy atom. The Hall–Kier alpha value is -1.14. The molecule has 0 spiro atoms. The summed E-state index contributed by atoms with van der Waals surface area (Å²) in [5, 5.41) is 0. The molecule has 0 aromatic rings. The predicted molar refractivity (Wildman–Crippen MR) is 48.6 cm³/mol. The van der Waals surface area contributed by atoms with Gasteiger partial charge in [0.2, 0.25) is 6.08 Å². The maximum Gasteiger partial charge on any atom is 0.235 e. The zero-order chi connectivity index (χ0) is 9.03. The van der Waals surface area contributed by atoms with Gasteiger partial charge >= 0.3 is 0 Å². The fourth-order valence-corrected chi connectivity index (χ4v) is 1.51. The van der Waals surface area contributed by atoms with Crippen molar-refractivity contribution in [2.75, 3.05) is 0 Å². The molecule has 0 saturated carbocycles. The Kier molecular flexibility index (Phi) is 2.61. The lowest BCUT2D eigenvalue weighted by molar-refractivity contribution is 0.402. The van der Waals surface area contributed by atoms with E-state index < -0.39 is 0 Å². The first-order valence-electron chi connectivity index (χ1n) is 4.20. The third-order valence-corrected chi connectivity index (χ3v) is 2.50. The van der Waals surface area contributed by atoms with E-state index in [9.17, 15) is 4.79 Å². The van der Waals surface area contributed by atoms with Gasteiger partial charge < -0.3 is 0 Å². The minimum atomic E-state index is -0.337. The van der Waals surface area contributed by atoms with Crippen molar-refractivity contribution in [1.82, 2.24) is 0 Å². The van der Waals surface area contributed by atoms with Gasteiger partial charge in [0.1, 0.15) is 0 Å². The fourth-order valence-electron chi connectivity index (χ4n) is 1.51. The van der Waals surface area contributed by atoms with Crippen LogP contribution in [0.4, 0.5) is 0 Å². The molecule has 0 amide bonds. The second-order valence-corrected chi connectivity index (χ2v) is 3.08. The Labute approximate surface area is 72.7 Å². The van der Waals surface area contributed by atoms with Crippen molar-refractivity contribution in [3.05, 3.63) is 24.3 Å². The van der Waals surface area contributed by atoms with Crippen LogP contribution in [0.5, 0.6) is 0 Å². The molecule has 1 aliphatic carbocycles. The van der Waals surface area contributed by atoms with Crippen molar-refractivity contribution in [1.29, 1.82) is 0 Å². The smallest absolute Gasteiger partial charge is 0.211 e. The fraction of sp³-hybridized carbons (Fsp3) is 0.500. The van der Waals surface area contributed by atoms with Crippen LogP contribution in [-0.2, 0) is 4.79 Å². The number of allylic oxidation sites excluding steroid dienone is 2. The van der Waals surface area contributed by atoms with E-state index in [4.69, 9.17) is 0 Å². The van der Waals surface area contributed by atoms with Crippen LogP contribution in [0.1, 0.15) is 20.3 Å². The van der Waals surface area contributed by atoms with E-state index in [1.54, 1.807) is 6.08 Å². The van der Waals surface area contributed by atoms with Crippen LogP contribution in [0, 0.1) is 5.92 Å². The standard InChI is InChI=1S/C10H13NO/c1-3-10(11-8-12)7-5-4-6-9(10)2/h4-7,9H,3H2,1-2H3. The summed E-state index contributed by atoms with van der Waals surface area (Å²) in [6.07, 6.45) is 10.4. The summed E-state index contributed by atoms with van der Waals surface area (Å²) in [5.74, 6) is 0.286. The van der Waals surface area contributed by atoms with Crippen molar-refractivity contribution in [3.63, 3.8) is 0 Å². The molecule has 12 heavy (non-hydrogen) atoms. The molecule has 0 aliphatic heterocycles. The van der Waals surface area contributed by atoms with Gasteiger partial charge in [-0.25, -0.2) is 4.79 Å². The quantitative estimate of drug-likeness (QED) is 0.453. The maximum atomic E-state index is 10.2. The molecule has 1 aliphatic rings. The average molecular weight is 163 g/mol. The SMILES string of the molecule is CCC1(N=C=O)C=CC=CC1C. The van der Waals surface area contributed by atoms with Crippen LogP contribution in [0.25, 0.3) is 0 Å². The Bertz CT molecular complexity index is 261. The van der Waals surface area contributed by atoms with Crippen LogP contribution >= 0.6 is 0 Å². The summed E-state index contributed by atoms with van der Waals surface area (Å²) in [5.41, 5.74) is -0.337. The van der Waals surface area contributed by atoms with Crippen molar-refractivity contribution >= 4 is 6.08 Å². The van der Waals surface area contributed by atoms with Gasteiger partial charge in [-0.15, -0.1) is 0 Å². The second-order valence-electron chi connectivity index (χ2n) is 3.08. The molecule has 0 aromatic heterocycles. The van der Waals surface area contributed by atoms with Gasteiger partial charge in [-0.2, -0.15) is 4.99 Å². The number of hydrogen-bond donors (Lipinski definition) is 0. The van der Waals surface area contributed by atoms with Crippen LogP contribution < -0.4 is 0 Å². The highest BCUT2D eigenvalue weighted by Gasteiger charge is 2.31. The number of rotatable bonds is 2. The highest BCUT2D eigenvalue weighted by atomic mass is 16.1. The first-order chi connectivity index (χ1) is 5.75. The largest absolute Gasteiger partial charge is 0.235 e. The normalized spacial score (nSPS) is 33.0. The number of carbonyl (C=O) groups excluding carboxylic acids is 1. The molecule has 2 atom stereocenters. The zero-order valence-corrected chi connectivity index (χ0v) is 7.45. The molecule has 64 valence electrons. The number of aliphatic imine (C=N–C) groups is 1. The molecule has 0 radical (unpaired) electrons. The van der Waals surface area contributed by atoms with Crippen molar-refractivity contribution in [2.24, 2.45) is 10.9 Å². The molecular formula is C10H13NO. The van der Waals surface area contributed by atoms with E-state index in [0.29, 0.717) is 0 Å². The van der Waals surface area contributed by atoms with E-state index in [0.717, 1.165) is 6.42 Å². The monoisotopic (exact) mass is 163 g/mol. The number of hydrogen-bond acceptors (Lipinski definition) is 2. The Balaban J connectivity index is 2.99. The van der Waals surface area contributed by atoms with Crippen LogP contribution in [-0.4, -0.2) is 11.6 Å². The Morgan fingerprint density at radius 1 is 1.58 bits per heavy atom. The van der Waals surface area contributed by atoms with Gasteiger partial charge in [-0.1, -0.05) is 38.2 Å². The van der Waals surface area contributed by atoms with Crippen LogP contribution in [0.15, 0.2) is 29.3 Å². The minimum absolute atomic E-state index is 0.286. The lowest BCUT2D eigenvalue weighted by Crippen LogP contribution is -2.31. The first-order valence-corrected chi connectivity index (χ1v) is 4.20. The highest BCUT2D eigenvalue weighted by molar-refractivity contribution is 5.38. The zero-order valence-electron chi connectivity index (χ0n) is 7.45. The molecule has 1 rings (SSSR count). The summed E-state index contributed by atoms with van der Waals surface area (Å²) >= 11 is 0. The number of isocyanates is 1. The van der Waals surface area contributed by atoms with Gasteiger partial charge in [0, 0.05) is 5.92 Å². The van der Waals surface area contributed by atoms with Gasteiger partial charge in [0.15, 0.2) is 0 Å². The summed E-state index contributed by atoms with van der Waals surface area (Å²) in [4.78, 5) is 14.1. The molecule has 0 aromatic carbocycles. The van der Waals surface area contributed by atoms with E-state index >= 15 is 0 Å². The first kappa shape index (κ1) is 8.95. The van der Waals surface area contributed by atoms with Crippen molar-refractivity contribution < 1.29 is 4.79 Å². The molecular weight excluding hydrogens is 150 g/mol. The molecule has 0 heterocycles. The minimum Gasteiger partial charge on any atom is -0.211 e. The lowest BCUT2D eigenvalue weighted by Gasteiger charge is -2.29. The lowest BCUT2D eigenvalue weighted by atomic mass is 9.80. The van der Waals surface area contributed by atoms with Gasteiger partial charge in [0.25, 0.3) is 0 Å². The van der Waals surface area contributed by atoms with Gasteiger partial charge in [-0.05, 0) is 6.42 Å². The maximum absolute atomic E-state index is 10.2. The van der Waals surface area contributed by atoms with Crippen LogP contribution in [0.3, 0.4) is 0 Å². The van der Waals surface area contributed by atoms with Crippen LogP contribution in [0.2, 0.25) is 0 Å². The molecule has 2 heteroatoms. The Morgan fingerprint density at radius 2 is 2.33 bits per heavy atom. The van der Waals surface area contributed by atoms with Crippen molar-refractivity contribution in [2.45, 2.75) is 25.8 Å². The summed E-state index contributed by atoms with van der Waals surface area (Å²) in [6.45, 7) is 4.09. The van der Waals surface area contributed by atoms with E-state index in [-0.39, 0.29) is 11.5 Å². The van der Waals surface area contributed by atoms with E-state index in [1.807, 2.05) is 25.2 Å². The summed E-state index contributed by atoms with van der Waals surface area (Å²) in [7, 11) is 0. The molecule has 0 N–H and O–H groups in total. The molecule has 0 fully saturated rings.